The number of hydrogen-bond donors (Lipinski definition) is 1. The lowest BCUT2D eigenvalue weighted by molar-refractivity contribution is 0.0902. The van der Waals surface area contributed by atoms with Crippen molar-refractivity contribution in [3.05, 3.63) is 42.4 Å². The third kappa shape index (κ3) is 4.86. The number of thiazole rings is 1. The number of hydrogen-bond acceptors (Lipinski definition) is 10. The zero-order valence-electron chi connectivity index (χ0n) is 20.5. The van der Waals surface area contributed by atoms with E-state index in [0.29, 0.717) is 23.6 Å². The van der Waals surface area contributed by atoms with Gasteiger partial charge >= 0.3 is 0 Å². The van der Waals surface area contributed by atoms with Crippen LogP contribution in [0.4, 0.5) is 0 Å². The summed E-state index contributed by atoms with van der Waals surface area (Å²) in [5.74, 6) is 1.76. The lowest BCUT2D eigenvalue weighted by Crippen LogP contribution is -2.50. The van der Waals surface area contributed by atoms with Crippen molar-refractivity contribution in [2.24, 2.45) is 11.8 Å². The Labute approximate surface area is 218 Å². The molecule has 1 saturated carbocycles. The molecule has 4 aromatic rings. The molecule has 2 fully saturated rings. The Bertz CT molecular complexity index is 1310. The maximum Gasteiger partial charge on any atom is 0.275 e. The number of ether oxygens (including phenoxy) is 1. The molecule has 0 radical (unpaired) electrons. The van der Waals surface area contributed by atoms with E-state index in [0.717, 1.165) is 63.6 Å². The summed E-state index contributed by atoms with van der Waals surface area (Å²) in [6.45, 7) is 6.96. The molecule has 1 unspecified atom stereocenters. The lowest BCUT2D eigenvalue weighted by Gasteiger charge is -2.44. The van der Waals surface area contributed by atoms with Crippen molar-refractivity contribution in [3.63, 3.8) is 0 Å². The molecule has 2 atom stereocenters. The molecule has 1 saturated heterocycles. The summed E-state index contributed by atoms with van der Waals surface area (Å²) < 4.78 is 11.8. The summed E-state index contributed by atoms with van der Waals surface area (Å²) in [6.07, 6.45) is 8.08. The Balaban J connectivity index is 1.16. The molecule has 0 amide bonds. The first kappa shape index (κ1) is 23.8. The van der Waals surface area contributed by atoms with Gasteiger partial charge in [0.05, 0.1) is 23.5 Å². The molecule has 36 heavy (non-hydrogen) atoms. The van der Waals surface area contributed by atoms with Crippen LogP contribution in [0, 0.1) is 11.8 Å². The maximum absolute atomic E-state index is 6.20. The molecule has 4 aromatic heterocycles. The molecule has 0 spiro atoms. The molecule has 10 heteroatoms. The van der Waals surface area contributed by atoms with Crippen molar-refractivity contribution in [1.82, 2.24) is 30.6 Å². The van der Waals surface area contributed by atoms with Gasteiger partial charge in [0, 0.05) is 27.7 Å². The van der Waals surface area contributed by atoms with Crippen molar-refractivity contribution in [1.29, 1.82) is 0 Å². The van der Waals surface area contributed by atoms with E-state index in [4.69, 9.17) is 14.2 Å². The van der Waals surface area contributed by atoms with Crippen molar-refractivity contribution >= 4 is 33.4 Å². The van der Waals surface area contributed by atoms with Crippen LogP contribution >= 0.6 is 23.1 Å². The summed E-state index contributed by atoms with van der Waals surface area (Å²) in [5.41, 5.74) is 2.62. The monoisotopic (exact) mass is 522 g/mol. The van der Waals surface area contributed by atoms with E-state index in [1.165, 1.54) is 24.2 Å². The van der Waals surface area contributed by atoms with E-state index in [1.807, 2.05) is 30.1 Å². The van der Waals surface area contributed by atoms with Crippen LogP contribution in [-0.2, 0) is 5.41 Å². The van der Waals surface area contributed by atoms with Crippen LogP contribution in [0.5, 0.6) is 5.19 Å². The van der Waals surface area contributed by atoms with E-state index in [-0.39, 0.29) is 5.41 Å². The van der Waals surface area contributed by atoms with Crippen molar-refractivity contribution in [3.8, 4) is 16.5 Å². The Morgan fingerprint density at radius 3 is 2.86 bits per heavy atom. The van der Waals surface area contributed by atoms with Gasteiger partial charge in [-0.05, 0) is 74.9 Å². The molecule has 1 aliphatic heterocycles. The van der Waals surface area contributed by atoms with Crippen LogP contribution in [0.2, 0.25) is 0 Å². The highest BCUT2D eigenvalue weighted by molar-refractivity contribution is 8.00. The van der Waals surface area contributed by atoms with Crippen molar-refractivity contribution in [2.45, 2.75) is 55.2 Å². The molecular formula is C26H30N6O2S2. The average molecular weight is 523 g/mol. The molecule has 5 heterocycles. The number of pyridine rings is 2. The molecule has 2 aliphatic rings. The van der Waals surface area contributed by atoms with E-state index in [2.05, 4.69) is 51.6 Å². The minimum Gasteiger partial charge on any atom is -0.470 e. The molecule has 0 aromatic carbocycles. The second-order valence-corrected chi connectivity index (χ2v) is 12.3. The number of nitrogens with zero attached hydrogens (tertiary/aromatic N) is 5. The van der Waals surface area contributed by atoms with Gasteiger partial charge in [0.1, 0.15) is 10.3 Å². The Morgan fingerprint density at radius 2 is 2.11 bits per heavy atom. The summed E-state index contributed by atoms with van der Waals surface area (Å²) >= 11 is 3.35. The van der Waals surface area contributed by atoms with Gasteiger partial charge in [-0.1, -0.05) is 25.2 Å². The summed E-state index contributed by atoms with van der Waals surface area (Å²) in [7, 11) is 0. The SMILES string of the molecule is CC(C)C1CNCC[C@@]1(CCOc1nc2ccc(-c3ccc(SC4CC4)nc3)nc2s1)c1cnno1. The van der Waals surface area contributed by atoms with E-state index in [9.17, 15) is 0 Å². The molecule has 188 valence electrons. The van der Waals surface area contributed by atoms with Gasteiger partial charge in [0.2, 0.25) is 0 Å². The third-order valence-corrected chi connectivity index (χ3v) is 9.50. The highest BCUT2D eigenvalue weighted by Gasteiger charge is 2.46. The van der Waals surface area contributed by atoms with Crippen molar-refractivity contribution in [2.75, 3.05) is 19.7 Å². The number of aromatic nitrogens is 5. The summed E-state index contributed by atoms with van der Waals surface area (Å²) in [6, 6.07) is 8.21. The lowest BCUT2D eigenvalue weighted by atomic mass is 9.63. The fourth-order valence-electron chi connectivity index (χ4n) is 5.25. The van der Waals surface area contributed by atoms with Crippen LogP contribution in [0.1, 0.15) is 45.3 Å². The minimum absolute atomic E-state index is 0.151. The quantitative estimate of drug-likeness (QED) is 0.311. The van der Waals surface area contributed by atoms with Crippen molar-refractivity contribution < 1.29 is 9.26 Å². The number of rotatable bonds is 9. The van der Waals surface area contributed by atoms with Gasteiger partial charge < -0.3 is 14.6 Å². The first-order chi connectivity index (χ1) is 17.6. The minimum atomic E-state index is -0.151. The summed E-state index contributed by atoms with van der Waals surface area (Å²) in [5, 5.41) is 13.8. The average Bonchev–Trinajstić information content (AvgIpc) is 3.36. The maximum atomic E-state index is 6.20. The van der Waals surface area contributed by atoms with Gasteiger partial charge in [-0.25, -0.2) is 15.0 Å². The van der Waals surface area contributed by atoms with E-state index >= 15 is 0 Å². The van der Waals surface area contributed by atoms with E-state index in [1.54, 1.807) is 6.20 Å². The highest BCUT2D eigenvalue weighted by atomic mass is 32.2. The predicted molar refractivity (Wildman–Crippen MR) is 141 cm³/mol. The molecule has 1 aliphatic carbocycles. The normalized spacial score (nSPS) is 22.4. The Morgan fingerprint density at radius 1 is 1.19 bits per heavy atom. The topological polar surface area (TPSA) is 98.8 Å². The molecule has 8 nitrogen and oxygen atoms in total. The first-order valence-corrected chi connectivity index (χ1v) is 14.3. The highest BCUT2D eigenvalue weighted by Crippen LogP contribution is 2.44. The molecule has 1 N–H and O–H groups in total. The number of fused-ring (bicyclic) bond motifs is 1. The first-order valence-electron chi connectivity index (χ1n) is 12.6. The van der Waals surface area contributed by atoms with Crippen LogP contribution < -0.4 is 10.1 Å². The Hall–Kier alpha value is -2.56. The third-order valence-electron chi connectivity index (χ3n) is 7.33. The number of thioether (sulfide) groups is 1. The fraction of sp³-hybridized carbons (Fsp3) is 0.500. The zero-order chi connectivity index (χ0) is 24.5. The number of piperidine rings is 1. The standard InChI is InChI=1S/C26H30N6O2S2/c1-16(2)19-14-27-11-9-26(19,22-15-29-32-34-22)10-12-33-25-31-21-7-6-20(30-24(21)36-25)17-3-8-23(28-13-17)35-18-4-5-18/h3,6-8,13,15-16,18-19,27H,4-5,9-12,14H2,1-2H3/t19?,26-/m0/s1. The van der Waals surface area contributed by atoms with E-state index < -0.39 is 0 Å². The van der Waals surface area contributed by atoms with Gasteiger partial charge in [-0.3, -0.25) is 0 Å². The van der Waals surface area contributed by atoms with Crippen LogP contribution in [0.25, 0.3) is 21.6 Å². The van der Waals surface area contributed by atoms with Gasteiger partial charge in [0.25, 0.3) is 5.19 Å². The van der Waals surface area contributed by atoms with Gasteiger partial charge in [-0.2, -0.15) is 0 Å². The smallest absolute Gasteiger partial charge is 0.275 e. The largest absolute Gasteiger partial charge is 0.470 e. The van der Waals surface area contributed by atoms with Crippen LogP contribution in [0.3, 0.4) is 0 Å². The van der Waals surface area contributed by atoms with Gasteiger partial charge in [-0.15, -0.1) is 16.9 Å². The molecular weight excluding hydrogens is 492 g/mol. The Kier molecular flexibility index (Phi) is 6.66. The number of nitrogens with one attached hydrogen (secondary N) is 1. The summed E-state index contributed by atoms with van der Waals surface area (Å²) in [4.78, 5) is 15.0. The molecule has 0 bridgehead atoms. The fourth-order valence-corrected chi connectivity index (χ4v) is 7.04. The van der Waals surface area contributed by atoms with Gasteiger partial charge in [0.15, 0.2) is 5.76 Å². The van der Waals surface area contributed by atoms with Crippen LogP contribution in [0.15, 0.2) is 46.2 Å². The predicted octanol–water partition coefficient (Wildman–Crippen LogP) is 5.36. The van der Waals surface area contributed by atoms with Crippen LogP contribution in [-0.4, -0.2) is 50.3 Å². The second-order valence-electron chi connectivity index (χ2n) is 10.0. The molecule has 6 rings (SSSR count). The zero-order valence-corrected chi connectivity index (χ0v) is 22.1. The second kappa shape index (κ2) is 10.1.